The van der Waals surface area contributed by atoms with Gasteiger partial charge in [-0.05, 0) is 80.9 Å². The molecule has 0 spiro atoms. The van der Waals surface area contributed by atoms with Crippen LogP contribution in [-0.4, -0.2) is 0 Å². The standard InChI is InChI=1S/C33H23BrO/c1-33(2)28-12-5-3-10-24(28)27-17-21(14-15-29(27)33)26-18-22(20-8-7-9-23(34)16-20)19-31-32(26)25-11-4-6-13-30(25)35-31/h3-19H,1-2H3. The zero-order valence-electron chi connectivity index (χ0n) is 19.6. The van der Waals surface area contributed by atoms with E-state index in [1.54, 1.807) is 0 Å². The monoisotopic (exact) mass is 514 g/mol. The van der Waals surface area contributed by atoms with Crippen molar-refractivity contribution < 1.29 is 4.42 Å². The third-order valence-electron chi connectivity index (χ3n) is 7.53. The summed E-state index contributed by atoms with van der Waals surface area (Å²) in [6, 6.07) is 37.1. The quantitative estimate of drug-likeness (QED) is 0.224. The molecule has 1 aromatic heterocycles. The number of hydrogen-bond acceptors (Lipinski definition) is 1. The molecule has 0 N–H and O–H groups in total. The minimum Gasteiger partial charge on any atom is -0.456 e. The molecular weight excluding hydrogens is 492 g/mol. The van der Waals surface area contributed by atoms with Crippen molar-refractivity contribution in [2.45, 2.75) is 19.3 Å². The van der Waals surface area contributed by atoms with Crippen molar-refractivity contribution in [2.24, 2.45) is 0 Å². The largest absolute Gasteiger partial charge is 0.456 e. The van der Waals surface area contributed by atoms with Gasteiger partial charge in [0.15, 0.2) is 0 Å². The first kappa shape index (κ1) is 20.7. The fourth-order valence-electron chi connectivity index (χ4n) is 5.80. The van der Waals surface area contributed by atoms with Crippen LogP contribution >= 0.6 is 15.9 Å². The van der Waals surface area contributed by atoms with Gasteiger partial charge in [0.25, 0.3) is 0 Å². The minimum absolute atomic E-state index is 0.000276. The molecule has 7 rings (SSSR count). The van der Waals surface area contributed by atoms with Crippen LogP contribution in [0.2, 0.25) is 0 Å². The van der Waals surface area contributed by atoms with Crippen LogP contribution < -0.4 is 0 Å². The van der Waals surface area contributed by atoms with E-state index in [9.17, 15) is 0 Å². The van der Waals surface area contributed by atoms with Crippen LogP contribution in [0.15, 0.2) is 112 Å². The van der Waals surface area contributed by atoms with Gasteiger partial charge in [-0.3, -0.25) is 0 Å². The molecule has 0 saturated carbocycles. The Labute approximate surface area is 213 Å². The predicted molar refractivity (Wildman–Crippen MR) is 150 cm³/mol. The summed E-state index contributed by atoms with van der Waals surface area (Å²) < 4.78 is 7.44. The molecule has 0 bridgehead atoms. The number of hydrogen-bond donors (Lipinski definition) is 0. The first-order chi connectivity index (χ1) is 17.0. The van der Waals surface area contributed by atoms with Gasteiger partial charge in [0.05, 0.1) is 0 Å². The van der Waals surface area contributed by atoms with Gasteiger partial charge in [-0.15, -0.1) is 0 Å². The van der Waals surface area contributed by atoms with Gasteiger partial charge in [0.1, 0.15) is 11.2 Å². The smallest absolute Gasteiger partial charge is 0.136 e. The van der Waals surface area contributed by atoms with Gasteiger partial charge >= 0.3 is 0 Å². The number of para-hydroxylation sites is 1. The van der Waals surface area contributed by atoms with Crippen LogP contribution in [0.5, 0.6) is 0 Å². The maximum Gasteiger partial charge on any atom is 0.136 e. The Morgan fingerprint density at radius 1 is 0.571 bits per heavy atom. The zero-order chi connectivity index (χ0) is 23.7. The molecule has 0 radical (unpaired) electrons. The van der Waals surface area contributed by atoms with Crippen molar-refractivity contribution in [1.29, 1.82) is 0 Å². The molecule has 1 nitrogen and oxygen atoms in total. The topological polar surface area (TPSA) is 13.1 Å². The highest BCUT2D eigenvalue weighted by atomic mass is 79.9. The molecule has 0 unspecified atom stereocenters. The Morgan fingerprint density at radius 3 is 2.23 bits per heavy atom. The van der Waals surface area contributed by atoms with E-state index >= 15 is 0 Å². The maximum absolute atomic E-state index is 6.38. The summed E-state index contributed by atoms with van der Waals surface area (Å²) in [4.78, 5) is 0. The summed E-state index contributed by atoms with van der Waals surface area (Å²) >= 11 is 3.64. The van der Waals surface area contributed by atoms with E-state index in [1.165, 1.54) is 38.8 Å². The van der Waals surface area contributed by atoms with Crippen molar-refractivity contribution in [3.05, 3.63) is 119 Å². The normalized spacial score (nSPS) is 13.8. The predicted octanol–water partition coefficient (Wildman–Crippen LogP) is 9.99. The molecule has 6 aromatic rings. The van der Waals surface area contributed by atoms with Crippen molar-refractivity contribution in [1.82, 2.24) is 0 Å². The summed E-state index contributed by atoms with van der Waals surface area (Å²) in [5, 5.41) is 2.32. The van der Waals surface area contributed by atoms with Crippen molar-refractivity contribution >= 4 is 37.9 Å². The van der Waals surface area contributed by atoms with Crippen molar-refractivity contribution in [3.8, 4) is 33.4 Å². The molecule has 2 heteroatoms. The van der Waals surface area contributed by atoms with E-state index in [4.69, 9.17) is 4.42 Å². The number of rotatable bonds is 2. The lowest BCUT2D eigenvalue weighted by atomic mass is 9.82. The third kappa shape index (κ3) is 3.06. The molecule has 1 aliphatic carbocycles. The van der Waals surface area contributed by atoms with E-state index in [-0.39, 0.29) is 5.41 Å². The Morgan fingerprint density at radius 2 is 1.34 bits per heavy atom. The van der Waals surface area contributed by atoms with Crippen LogP contribution in [0.25, 0.3) is 55.3 Å². The summed E-state index contributed by atoms with van der Waals surface area (Å²) in [7, 11) is 0. The van der Waals surface area contributed by atoms with E-state index in [2.05, 4.69) is 127 Å². The Bertz CT molecular complexity index is 1790. The van der Waals surface area contributed by atoms with E-state index in [1.807, 2.05) is 6.07 Å². The summed E-state index contributed by atoms with van der Waals surface area (Å²) in [6.07, 6.45) is 0. The van der Waals surface area contributed by atoms with Crippen LogP contribution in [0.1, 0.15) is 25.0 Å². The van der Waals surface area contributed by atoms with Crippen LogP contribution in [-0.2, 0) is 5.41 Å². The molecule has 0 aliphatic heterocycles. The molecule has 168 valence electrons. The lowest BCUT2D eigenvalue weighted by Crippen LogP contribution is -2.14. The minimum atomic E-state index is 0.000276. The molecule has 1 heterocycles. The average molecular weight is 515 g/mol. The van der Waals surface area contributed by atoms with Gasteiger partial charge in [-0.25, -0.2) is 0 Å². The van der Waals surface area contributed by atoms with E-state index < -0.39 is 0 Å². The maximum atomic E-state index is 6.38. The molecule has 0 atom stereocenters. The Balaban J connectivity index is 1.54. The fourth-order valence-corrected chi connectivity index (χ4v) is 6.20. The lowest BCUT2D eigenvalue weighted by molar-refractivity contribution is 0.660. The molecule has 5 aromatic carbocycles. The molecular formula is C33H23BrO. The summed E-state index contributed by atoms with van der Waals surface area (Å²) in [6.45, 7) is 4.65. The van der Waals surface area contributed by atoms with Gasteiger partial charge in [-0.2, -0.15) is 0 Å². The summed E-state index contributed by atoms with van der Waals surface area (Å²) in [5.74, 6) is 0. The molecule has 0 fully saturated rings. The fraction of sp³-hybridized carbons (Fsp3) is 0.0909. The highest BCUT2D eigenvalue weighted by Crippen LogP contribution is 2.50. The summed E-state index contributed by atoms with van der Waals surface area (Å²) in [5.41, 5.74) is 12.0. The second kappa shape index (κ2) is 7.44. The van der Waals surface area contributed by atoms with Crippen LogP contribution in [0.3, 0.4) is 0 Å². The lowest BCUT2D eigenvalue weighted by Gasteiger charge is -2.21. The number of furan rings is 1. The highest BCUT2D eigenvalue weighted by Gasteiger charge is 2.35. The van der Waals surface area contributed by atoms with Crippen LogP contribution in [0, 0.1) is 0 Å². The first-order valence-corrected chi connectivity index (χ1v) is 12.8. The molecule has 0 saturated heterocycles. The zero-order valence-corrected chi connectivity index (χ0v) is 21.2. The second-order valence-corrected chi connectivity index (χ2v) is 10.9. The van der Waals surface area contributed by atoms with Gasteiger partial charge in [-0.1, -0.05) is 96.5 Å². The Kier molecular flexibility index (Phi) is 4.40. The van der Waals surface area contributed by atoms with E-state index in [0.29, 0.717) is 0 Å². The molecule has 35 heavy (non-hydrogen) atoms. The van der Waals surface area contributed by atoms with Crippen molar-refractivity contribution in [2.75, 3.05) is 0 Å². The van der Waals surface area contributed by atoms with Gasteiger partial charge in [0, 0.05) is 20.7 Å². The second-order valence-electron chi connectivity index (χ2n) is 9.94. The molecule has 1 aliphatic rings. The first-order valence-electron chi connectivity index (χ1n) is 12.0. The number of benzene rings is 5. The van der Waals surface area contributed by atoms with E-state index in [0.717, 1.165) is 32.2 Å². The van der Waals surface area contributed by atoms with Crippen molar-refractivity contribution in [3.63, 3.8) is 0 Å². The van der Waals surface area contributed by atoms with Gasteiger partial charge < -0.3 is 4.42 Å². The third-order valence-corrected chi connectivity index (χ3v) is 8.02. The average Bonchev–Trinajstić information content (AvgIpc) is 3.36. The SMILES string of the molecule is CC1(C)c2ccccc2-c2cc(-c3cc(-c4cccc(Br)c4)cc4oc5ccccc5c34)ccc21. The number of fused-ring (bicyclic) bond motifs is 6. The van der Waals surface area contributed by atoms with Crippen LogP contribution in [0.4, 0.5) is 0 Å². The Hall–Kier alpha value is -3.62. The highest BCUT2D eigenvalue weighted by molar-refractivity contribution is 9.10. The van der Waals surface area contributed by atoms with Gasteiger partial charge in [0.2, 0.25) is 0 Å². The number of halogens is 1. The molecule has 0 amide bonds.